The van der Waals surface area contributed by atoms with Gasteiger partial charge in [-0.3, -0.25) is 14.7 Å². The zero-order chi connectivity index (χ0) is 17.8. The Kier molecular flexibility index (Phi) is 4.67. The maximum absolute atomic E-state index is 12.4. The van der Waals surface area contributed by atoms with Gasteiger partial charge in [-0.25, -0.2) is 0 Å². The number of carbonyl (C=O) groups excluding carboxylic acids is 1. The second-order valence-corrected chi connectivity index (χ2v) is 6.95. The van der Waals surface area contributed by atoms with E-state index in [9.17, 15) is 4.79 Å². The Bertz CT molecular complexity index is 794. The van der Waals surface area contributed by atoms with Crippen LogP contribution in [0.4, 0.5) is 5.69 Å². The van der Waals surface area contributed by atoms with Crippen molar-refractivity contribution >= 4 is 17.3 Å². The lowest BCUT2D eigenvalue weighted by atomic mass is 9.96. The molecule has 6 nitrogen and oxygen atoms in total. The van der Waals surface area contributed by atoms with Gasteiger partial charge in [0.1, 0.15) is 5.71 Å². The van der Waals surface area contributed by atoms with Crippen LogP contribution in [0.1, 0.15) is 18.4 Å². The molecule has 1 spiro atoms. The minimum absolute atomic E-state index is 0.211. The summed E-state index contributed by atoms with van der Waals surface area (Å²) in [5.41, 5.74) is 2.11. The van der Waals surface area contributed by atoms with Gasteiger partial charge in [-0.2, -0.15) is 0 Å². The van der Waals surface area contributed by atoms with E-state index in [1.807, 2.05) is 6.07 Å². The molecule has 134 valence electrons. The number of rotatable bonds is 5. The van der Waals surface area contributed by atoms with Crippen molar-refractivity contribution in [3.63, 3.8) is 0 Å². The van der Waals surface area contributed by atoms with Crippen molar-refractivity contribution in [1.29, 1.82) is 0 Å². The van der Waals surface area contributed by atoms with Crippen LogP contribution in [-0.2, 0) is 16.1 Å². The number of nitrogens with zero attached hydrogens (tertiary/aromatic N) is 3. The largest absolute Gasteiger partial charge is 0.387 e. The minimum Gasteiger partial charge on any atom is -0.387 e. The van der Waals surface area contributed by atoms with Crippen molar-refractivity contribution in [1.82, 2.24) is 9.88 Å². The molecule has 1 aromatic carbocycles. The molecular weight excluding hydrogens is 328 g/mol. The fourth-order valence-corrected chi connectivity index (χ4v) is 3.55. The zero-order valence-corrected chi connectivity index (χ0v) is 14.6. The first-order chi connectivity index (χ1) is 12.7. The second-order valence-electron chi connectivity index (χ2n) is 6.95. The Labute approximate surface area is 152 Å². The Morgan fingerprint density at radius 1 is 1.23 bits per heavy atom. The number of nitrogens with one attached hydrogen (secondary N) is 1. The third-order valence-corrected chi connectivity index (χ3v) is 4.98. The summed E-state index contributed by atoms with van der Waals surface area (Å²) >= 11 is 0. The van der Waals surface area contributed by atoms with Crippen LogP contribution in [0.3, 0.4) is 0 Å². The molecule has 1 N–H and O–H groups in total. The number of oxime groups is 1. The number of aromatic nitrogens is 1. The molecule has 26 heavy (non-hydrogen) atoms. The van der Waals surface area contributed by atoms with Crippen molar-refractivity contribution in [3.05, 3.63) is 60.4 Å². The van der Waals surface area contributed by atoms with Crippen molar-refractivity contribution < 1.29 is 9.63 Å². The molecule has 1 aromatic heterocycles. The lowest BCUT2D eigenvalue weighted by Gasteiger charge is -2.21. The van der Waals surface area contributed by atoms with Crippen LogP contribution in [0.2, 0.25) is 0 Å². The molecule has 0 saturated carbocycles. The van der Waals surface area contributed by atoms with Gasteiger partial charge in [0.05, 0.1) is 11.9 Å². The fraction of sp³-hybridized carbons (Fsp3) is 0.350. The summed E-state index contributed by atoms with van der Waals surface area (Å²) in [5, 5.41) is 6.90. The minimum atomic E-state index is -0.349. The van der Waals surface area contributed by atoms with E-state index in [1.165, 1.54) is 5.56 Å². The van der Waals surface area contributed by atoms with Crippen LogP contribution < -0.4 is 5.32 Å². The van der Waals surface area contributed by atoms with E-state index in [0.717, 1.165) is 32.5 Å². The summed E-state index contributed by atoms with van der Waals surface area (Å²) in [5.74, 6) is -0.211. The smallest absolute Gasteiger partial charge is 0.273 e. The van der Waals surface area contributed by atoms with Gasteiger partial charge in [0.15, 0.2) is 5.60 Å². The highest BCUT2D eigenvalue weighted by Crippen LogP contribution is 2.34. The summed E-state index contributed by atoms with van der Waals surface area (Å²) in [6, 6.07) is 14.1. The van der Waals surface area contributed by atoms with E-state index < -0.39 is 0 Å². The first kappa shape index (κ1) is 16.7. The molecule has 4 rings (SSSR count). The summed E-state index contributed by atoms with van der Waals surface area (Å²) < 4.78 is 0. The molecule has 6 heteroatoms. The van der Waals surface area contributed by atoms with Crippen molar-refractivity contribution in [2.24, 2.45) is 5.16 Å². The normalized spacial score (nSPS) is 22.2. The lowest BCUT2D eigenvalue weighted by molar-refractivity contribution is -0.110. The van der Waals surface area contributed by atoms with E-state index in [-0.39, 0.29) is 11.5 Å². The Hall–Kier alpha value is -2.73. The number of anilines is 1. The second kappa shape index (κ2) is 7.25. The molecular formula is C20H22N4O2. The van der Waals surface area contributed by atoms with Crippen molar-refractivity contribution in [2.45, 2.75) is 24.9 Å². The fourth-order valence-electron chi connectivity index (χ4n) is 3.55. The van der Waals surface area contributed by atoms with Gasteiger partial charge >= 0.3 is 0 Å². The van der Waals surface area contributed by atoms with E-state index in [0.29, 0.717) is 17.8 Å². The standard InChI is InChI=1S/C20H22N4O2/c25-19(22-17-7-4-10-21-14-17)18-13-20(26-23-18)9-12-24(15-20)11-8-16-5-2-1-3-6-16/h1-7,10,14H,8-9,11-13,15H2,(H,22,25)/t20-/m1/s1. The highest BCUT2D eigenvalue weighted by atomic mass is 16.7. The Morgan fingerprint density at radius 2 is 2.12 bits per heavy atom. The maximum atomic E-state index is 12.4. The first-order valence-electron chi connectivity index (χ1n) is 8.95. The zero-order valence-electron chi connectivity index (χ0n) is 14.6. The Balaban J connectivity index is 1.29. The van der Waals surface area contributed by atoms with E-state index in [2.05, 4.69) is 44.6 Å². The molecule has 0 radical (unpaired) electrons. The summed E-state index contributed by atoms with van der Waals surface area (Å²) in [6.07, 6.45) is 5.76. The van der Waals surface area contributed by atoms with Crippen LogP contribution in [0.5, 0.6) is 0 Å². The molecule has 2 aliphatic heterocycles. The van der Waals surface area contributed by atoms with Gasteiger partial charge in [0.25, 0.3) is 5.91 Å². The van der Waals surface area contributed by atoms with Crippen LogP contribution in [0, 0.1) is 0 Å². The number of hydrogen-bond acceptors (Lipinski definition) is 5. The summed E-state index contributed by atoms with van der Waals surface area (Å²) in [6.45, 7) is 2.78. The third-order valence-electron chi connectivity index (χ3n) is 4.98. The van der Waals surface area contributed by atoms with Gasteiger partial charge in [-0.15, -0.1) is 0 Å². The molecule has 1 saturated heterocycles. The molecule has 0 aliphatic carbocycles. The van der Waals surface area contributed by atoms with Crippen molar-refractivity contribution in [2.75, 3.05) is 25.0 Å². The van der Waals surface area contributed by atoms with Crippen LogP contribution in [0.25, 0.3) is 0 Å². The summed E-state index contributed by atoms with van der Waals surface area (Å²) in [4.78, 5) is 24.5. The van der Waals surface area contributed by atoms with Crippen LogP contribution in [-0.4, -0.2) is 46.7 Å². The topological polar surface area (TPSA) is 66.8 Å². The first-order valence-corrected chi connectivity index (χ1v) is 8.95. The van der Waals surface area contributed by atoms with Crippen LogP contribution >= 0.6 is 0 Å². The molecule has 1 amide bonds. The predicted molar refractivity (Wildman–Crippen MR) is 99.9 cm³/mol. The molecule has 2 aromatic rings. The molecule has 0 unspecified atom stereocenters. The molecule has 0 bridgehead atoms. The number of amides is 1. The Morgan fingerprint density at radius 3 is 2.92 bits per heavy atom. The van der Waals surface area contributed by atoms with Crippen LogP contribution in [0.15, 0.2) is 60.0 Å². The average Bonchev–Trinajstić information content (AvgIpc) is 3.29. The van der Waals surface area contributed by atoms with E-state index in [4.69, 9.17) is 4.84 Å². The molecule has 1 fully saturated rings. The summed E-state index contributed by atoms with van der Waals surface area (Å²) in [7, 11) is 0. The van der Waals surface area contributed by atoms with Gasteiger partial charge in [-0.05, 0) is 24.1 Å². The predicted octanol–water partition coefficient (Wildman–Crippen LogP) is 2.48. The van der Waals surface area contributed by atoms with Gasteiger partial charge in [-0.1, -0.05) is 35.5 Å². The number of hydrogen-bond donors (Lipinski definition) is 1. The number of likely N-dealkylation sites (tertiary alicyclic amines) is 1. The number of carbonyl (C=O) groups is 1. The average molecular weight is 350 g/mol. The quantitative estimate of drug-likeness (QED) is 0.900. The maximum Gasteiger partial charge on any atom is 0.273 e. The highest BCUT2D eigenvalue weighted by molar-refractivity contribution is 6.43. The lowest BCUT2D eigenvalue weighted by Crippen LogP contribution is -2.35. The third kappa shape index (κ3) is 3.75. The van der Waals surface area contributed by atoms with Gasteiger partial charge < -0.3 is 10.2 Å². The highest BCUT2D eigenvalue weighted by Gasteiger charge is 2.46. The van der Waals surface area contributed by atoms with E-state index >= 15 is 0 Å². The van der Waals surface area contributed by atoms with Gasteiger partial charge in [0, 0.05) is 38.7 Å². The number of pyridine rings is 1. The molecule has 2 aliphatic rings. The SMILES string of the molecule is O=C(Nc1cccnc1)C1=NO[C@]2(CCN(CCc3ccccc3)C2)C1. The molecule has 1 atom stereocenters. The monoisotopic (exact) mass is 350 g/mol. The van der Waals surface area contributed by atoms with Gasteiger partial charge in [0.2, 0.25) is 0 Å². The number of benzene rings is 1. The molecule has 3 heterocycles. The van der Waals surface area contributed by atoms with Crippen molar-refractivity contribution in [3.8, 4) is 0 Å². The van der Waals surface area contributed by atoms with E-state index in [1.54, 1.807) is 24.5 Å².